The van der Waals surface area contributed by atoms with Crippen molar-refractivity contribution in [2.24, 2.45) is 0 Å². The van der Waals surface area contributed by atoms with Gasteiger partial charge in [-0.05, 0) is 18.2 Å². The molecule has 0 atom stereocenters. The third kappa shape index (κ3) is 3.51. The van der Waals surface area contributed by atoms with Crippen molar-refractivity contribution in [1.82, 2.24) is 9.88 Å². The molecule has 1 aliphatic rings. The number of hydrogen-bond donors (Lipinski definition) is 1. The lowest BCUT2D eigenvalue weighted by molar-refractivity contribution is -0.118. The van der Waals surface area contributed by atoms with Gasteiger partial charge >= 0.3 is 0 Å². The fourth-order valence-electron chi connectivity index (χ4n) is 2.57. The summed E-state index contributed by atoms with van der Waals surface area (Å²) in [5.74, 6) is -0.902. The zero-order chi connectivity index (χ0) is 16.9. The van der Waals surface area contributed by atoms with Gasteiger partial charge < -0.3 is 15.1 Å². The van der Waals surface area contributed by atoms with Crippen LogP contribution in [0.4, 0.5) is 15.8 Å². The van der Waals surface area contributed by atoms with E-state index in [0.717, 1.165) is 12.1 Å². The number of para-hydroxylation sites is 1. The number of nitrogens with zero attached hydrogens (tertiary/aromatic N) is 3. The summed E-state index contributed by atoms with van der Waals surface area (Å²) >= 11 is 0. The first-order valence-corrected chi connectivity index (χ1v) is 7.62. The van der Waals surface area contributed by atoms with E-state index in [1.807, 2.05) is 0 Å². The topological polar surface area (TPSA) is 65.5 Å². The molecule has 1 fully saturated rings. The van der Waals surface area contributed by atoms with Crippen molar-refractivity contribution < 1.29 is 14.0 Å². The number of anilines is 2. The van der Waals surface area contributed by atoms with E-state index < -0.39 is 11.7 Å². The second-order valence-electron chi connectivity index (χ2n) is 5.49. The lowest BCUT2D eigenvalue weighted by Crippen LogP contribution is -2.45. The average molecular weight is 328 g/mol. The molecule has 3 rings (SSSR count). The Morgan fingerprint density at radius 2 is 1.92 bits per heavy atom. The first kappa shape index (κ1) is 15.9. The summed E-state index contributed by atoms with van der Waals surface area (Å²) in [5, 5.41) is 2.55. The van der Waals surface area contributed by atoms with Gasteiger partial charge in [0.25, 0.3) is 5.91 Å². The molecule has 0 bridgehead atoms. The number of nitrogens with one attached hydrogen (secondary N) is 1. The van der Waals surface area contributed by atoms with E-state index in [1.165, 1.54) is 18.3 Å². The molecule has 0 aliphatic carbocycles. The zero-order valence-electron chi connectivity index (χ0n) is 13.0. The lowest BCUT2D eigenvalue weighted by Gasteiger charge is -2.34. The number of carbonyl (C=O) groups is 2. The summed E-state index contributed by atoms with van der Waals surface area (Å²) in [7, 11) is 0. The Balaban J connectivity index is 1.72. The minimum atomic E-state index is -0.486. The Kier molecular flexibility index (Phi) is 4.69. The van der Waals surface area contributed by atoms with E-state index in [4.69, 9.17) is 0 Å². The van der Waals surface area contributed by atoms with Gasteiger partial charge in [-0.3, -0.25) is 14.6 Å². The van der Waals surface area contributed by atoms with Crippen LogP contribution >= 0.6 is 0 Å². The molecule has 0 saturated carbocycles. The highest BCUT2D eigenvalue weighted by atomic mass is 19.1. The summed E-state index contributed by atoms with van der Waals surface area (Å²) in [6.45, 7) is 2.63. The molecule has 1 aromatic carbocycles. The second-order valence-corrected chi connectivity index (χ2v) is 5.49. The highest BCUT2D eigenvalue weighted by Gasteiger charge is 2.17. The number of hydrogen-bond acceptors (Lipinski definition) is 4. The molecule has 124 valence electrons. The highest BCUT2D eigenvalue weighted by molar-refractivity contribution is 6.04. The zero-order valence-corrected chi connectivity index (χ0v) is 13.0. The van der Waals surface area contributed by atoms with E-state index in [2.05, 4.69) is 15.2 Å². The molecule has 6 nitrogen and oxygen atoms in total. The van der Waals surface area contributed by atoms with Gasteiger partial charge in [0.05, 0.1) is 23.1 Å². The Morgan fingerprint density at radius 3 is 2.62 bits per heavy atom. The molecule has 2 aromatic rings. The van der Waals surface area contributed by atoms with Gasteiger partial charge in [0.1, 0.15) is 5.82 Å². The smallest absolute Gasteiger partial charge is 0.257 e. The van der Waals surface area contributed by atoms with E-state index in [9.17, 15) is 14.0 Å². The number of benzene rings is 1. The molecule has 1 aromatic heterocycles. The number of piperazine rings is 1. The van der Waals surface area contributed by atoms with E-state index in [-0.39, 0.29) is 5.69 Å². The van der Waals surface area contributed by atoms with Gasteiger partial charge in [0.15, 0.2) is 0 Å². The molecular weight excluding hydrogens is 311 g/mol. The molecular formula is C17H17FN4O2. The van der Waals surface area contributed by atoms with Crippen LogP contribution in [-0.2, 0) is 4.79 Å². The second kappa shape index (κ2) is 7.08. The Hall–Kier alpha value is -2.96. The number of carbonyl (C=O) groups excluding carboxylic acids is 2. The largest absolute Gasteiger partial charge is 0.367 e. The summed E-state index contributed by atoms with van der Waals surface area (Å²) in [6, 6.07) is 7.73. The van der Waals surface area contributed by atoms with Crippen LogP contribution in [0.5, 0.6) is 0 Å². The molecule has 1 N–H and O–H groups in total. The first-order chi connectivity index (χ1) is 11.7. The molecule has 2 amide bonds. The average Bonchev–Trinajstić information content (AvgIpc) is 2.64. The van der Waals surface area contributed by atoms with Gasteiger partial charge in [0.2, 0.25) is 6.41 Å². The lowest BCUT2D eigenvalue weighted by atomic mass is 10.2. The van der Waals surface area contributed by atoms with Crippen molar-refractivity contribution >= 4 is 23.7 Å². The van der Waals surface area contributed by atoms with Crippen LogP contribution in [0.1, 0.15) is 10.4 Å². The van der Waals surface area contributed by atoms with Crippen molar-refractivity contribution in [3.63, 3.8) is 0 Å². The monoisotopic (exact) mass is 328 g/mol. The minimum absolute atomic E-state index is 0.132. The van der Waals surface area contributed by atoms with Crippen molar-refractivity contribution in [1.29, 1.82) is 0 Å². The predicted molar refractivity (Wildman–Crippen MR) is 88.4 cm³/mol. The molecule has 7 heteroatoms. The molecule has 24 heavy (non-hydrogen) atoms. The van der Waals surface area contributed by atoms with Crippen molar-refractivity contribution in [2.75, 3.05) is 36.4 Å². The Bertz CT molecular complexity index is 745. The van der Waals surface area contributed by atoms with Crippen LogP contribution in [0, 0.1) is 5.82 Å². The fraction of sp³-hybridized carbons (Fsp3) is 0.235. The van der Waals surface area contributed by atoms with Crippen LogP contribution in [0.15, 0.2) is 42.7 Å². The van der Waals surface area contributed by atoms with Crippen LogP contribution in [0.3, 0.4) is 0 Å². The molecule has 1 saturated heterocycles. The van der Waals surface area contributed by atoms with Crippen molar-refractivity contribution in [3.05, 3.63) is 54.1 Å². The minimum Gasteiger partial charge on any atom is -0.367 e. The summed E-state index contributed by atoms with van der Waals surface area (Å²) < 4.78 is 13.6. The molecule has 0 unspecified atom stereocenters. The summed E-state index contributed by atoms with van der Waals surface area (Å²) in [5.41, 5.74) is 1.29. The Morgan fingerprint density at radius 1 is 1.17 bits per heavy atom. The number of aromatic nitrogens is 1. The number of amides is 2. The van der Waals surface area contributed by atoms with E-state index >= 15 is 0 Å². The van der Waals surface area contributed by atoms with Gasteiger partial charge in [-0.25, -0.2) is 4.39 Å². The third-order valence-electron chi connectivity index (χ3n) is 3.94. The van der Waals surface area contributed by atoms with E-state index in [0.29, 0.717) is 31.7 Å². The third-order valence-corrected chi connectivity index (χ3v) is 3.94. The molecule has 0 radical (unpaired) electrons. The normalized spacial score (nSPS) is 14.4. The predicted octanol–water partition coefficient (Wildman–Crippen LogP) is 1.75. The molecule has 0 spiro atoms. The standard InChI is InChI=1S/C17H17FN4O2/c18-15-3-1-2-4-16(15)20-17(24)13-9-14(11-19-10-13)22-7-5-21(12-23)6-8-22/h1-4,9-12H,5-8H2,(H,20,24). The summed E-state index contributed by atoms with van der Waals surface area (Å²) in [6.07, 6.45) is 3.96. The van der Waals surface area contributed by atoms with Crippen molar-refractivity contribution in [3.8, 4) is 0 Å². The van der Waals surface area contributed by atoms with Crippen LogP contribution in [0.25, 0.3) is 0 Å². The van der Waals surface area contributed by atoms with Gasteiger partial charge in [-0.2, -0.15) is 0 Å². The SMILES string of the molecule is O=CN1CCN(c2cncc(C(=O)Nc3ccccc3F)c2)CC1. The van der Waals surface area contributed by atoms with Crippen molar-refractivity contribution in [2.45, 2.75) is 0 Å². The van der Waals surface area contributed by atoms with Crippen LogP contribution in [-0.4, -0.2) is 48.4 Å². The Labute approximate surface area is 138 Å². The van der Waals surface area contributed by atoms with Crippen LogP contribution in [0.2, 0.25) is 0 Å². The molecule has 2 heterocycles. The summed E-state index contributed by atoms with van der Waals surface area (Å²) in [4.78, 5) is 30.9. The maximum absolute atomic E-state index is 13.6. The quantitative estimate of drug-likeness (QED) is 0.869. The van der Waals surface area contributed by atoms with Gasteiger partial charge in [-0.1, -0.05) is 12.1 Å². The first-order valence-electron chi connectivity index (χ1n) is 7.62. The van der Waals surface area contributed by atoms with E-state index in [1.54, 1.807) is 29.3 Å². The highest BCUT2D eigenvalue weighted by Crippen LogP contribution is 2.18. The van der Waals surface area contributed by atoms with Crippen LogP contribution < -0.4 is 10.2 Å². The number of halogens is 1. The number of rotatable bonds is 4. The van der Waals surface area contributed by atoms with Gasteiger partial charge in [-0.15, -0.1) is 0 Å². The number of pyridine rings is 1. The maximum Gasteiger partial charge on any atom is 0.257 e. The molecule has 1 aliphatic heterocycles. The van der Waals surface area contributed by atoms with Gasteiger partial charge in [0, 0.05) is 32.4 Å². The maximum atomic E-state index is 13.6. The fourth-order valence-corrected chi connectivity index (χ4v) is 2.57.